The Morgan fingerprint density at radius 1 is 1.50 bits per heavy atom. The van der Waals surface area contributed by atoms with E-state index in [1.165, 1.54) is 0 Å². The van der Waals surface area contributed by atoms with Gasteiger partial charge in [-0.05, 0) is 13.5 Å². The number of aromatic nitrogens is 1. The minimum atomic E-state index is -0.456. The number of nitrogens with one attached hydrogen (secondary N) is 1. The maximum Gasteiger partial charge on any atom is 0.329 e. The second kappa shape index (κ2) is 6.29. The summed E-state index contributed by atoms with van der Waals surface area (Å²) in [7, 11) is 0. The summed E-state index contributed by atoms with van der Waals surface area (Å²) < 4.78 is 5.07. The van der Waals surface area contributed by atoms with E-state index < -0.39 is 6.04 Å². The van der Waals surface area contributed by atoms with E-state index in [1.54, 1.807) is 11.3 Å². The molecule has 0 saturated heterocycles. The molecule has 0 aliphatic rings. The lowest BCUT2D eigenvalue weighted by Gasteiger charge is -2.16. The summed E-state index contributed by atoms with van der Waals surface area (Å²) in [6, 6.07) is -0.456. The molecule has 1 N–H and O–H groups in total. The average Bonchev–Trinajstić information content (AvgIpc) is 2.74. The van der Waals surface area contributed by atoms with Gasteiger partial charge in [-0.2, -0.15) is 0 Å². The van der Waals surface area contributed by atoms with Gasteiger partial charge in [-0.15, -0.1) is 11.3 Å². The number of rotatable bonds is 5. The van der Waals surface area contributed by atoms with Crippen molar-refractivity contribution in [2.24, 2.45) is 0 Å². The first-order valence-corrected chi connectivity index (χ1v) is 7.14. The summed E-state index contributed by atoms with van der Waals surface area (Å²) in [5.74, 6) is -0.259. The fourth-order valence-corrected chi connectivity index (χ4v) is 2.43. The minimum Gasteiger partial charge on any atom is -0.465 e. The van der Waals surface area contributed by atoms with Crippen molar-refractivity contribution in [2.45, 2.75) is 46.1 Å². The highest BCUT2D eigenvalue weighted by Crippen LogP contribution is 2.28. The zero-order valence-electron chi connectivity index (χ0n) is 11.7. The summed E-state index contributed by atoms with van der Waals surface area (Å²) in [6.07, 6.45) is 0. The van der Waals surface area contributed by atoms with Crippen LogP contribution in [-0.2, 0) is 14.9 Å². The summed E-state index contributed by atoms with van der Waals surface area (Å²) in [5, 5.41) is 6.09. The van der Waals surface area contributed by atoms with E-state index in [2.05, 4.69) is 31.1 Å². The quantitative estimate of drug-likeness (QED) is 0.836. The number of hydrogen-bond donors (Lipinski definition) is 1. The topological polar surface area (TPSA) is 51.2 Å². The molecule has 1 unspecified atom stereocenters. The van der Waals surface area contributed by atoms with Crippen LogP contribution in [0.25, 0.3) is 0 Å². The lowest BCUT2D eigenvalue weighted by atomic mass is 9.98. The van der Waals surface area contributed by atoms with Gasteiger partial charge in [-0.25, -0.2) is 9.78 Å². The molecule has 102 valence electrons. The number of nitrogens with zero attached hydrogens (tertiary/aromatic N) is 1. The van der Waals surface area contributed by atoms with Gasteiger partial charge in [0.05, 0.1) is 17.3 Å². The summed E-state index contributed by atoms with van der Waals surface area (Å²) in [6.45, 7) is 11.2. The first kappa shape index (κ1) is 15.1. The fourth-order valence-electron chi connectivity index (χ4n) is 1.50. The molecule has 4 nitrogen and oxygen atoms in total. The van der Waals surface area contributed by atoms with Gasteiger partial charge in [0, 0.05) is 10.8 Å². The highest BCUT2D eigenvalue weighted by molar-refractivity contribution is 7.09. The van der Waals surface area contributed by atoms with E-state index in [-0.39, 0.29) is 11.4 Å². The molecule has 0 saturated carbocycles. The Morgan fingerprint density at radius 2 is 2.17 bits per heavy atom. The predicted molar refractivity (Wildman–Crippen MR) is 73.9 cm³/mol. The number of carbonyl (C=O) groups is 1. The maximum atomic E-state index is 11.9. The summed E-state index contributed by atoms with van der Waals surface area (Å²) in [5.41, 5.74) is 0.763. The number of ether oxygens (including phenoxy) is 1. The molecule has 1 rings (SSSR count). The second-order valence-electron chi connectivity index (χ2n) is 5.07. The van der Waals surface area contributed by atoms with Crippen LogP contribution in [0.5, 0.6) is 0 Å². The van der Waals surface area contributed by atoms with E-state index in [0.29, 0.717) is 13.2 Å². The number of carbonyl (C=O) groups excluding carboxylic acids is 1. The Hall–Kier alpha value is -0.940. The molecule has 1 heterocycles. The smallest absolute Gasteiger partial charge is 0.329 e. The Kier molecular flexibility index (Phi) is 5.28. The predicted octanol–water partition coefficient (Wildman–Crippen LogP) is 2.65. The molecular formula is C13H22N2O2S. The Labute approximate surface area is 113 Å². The van der Waals surface area contributed by atoms with E-state index >= 15 is 0 Å². The lowest BCUT2D eigenvalue weighted by molar-refractivity contribution is -0.145. The van der Waals surface area contributed by atoms with Gasteiger partial charge < -0.3 is 4.74 Å². The van der Waals surface area contributed by atoms with Crippen molar-refractivity contribution in [3.63, 3.8) is 0 Å². The molecule has 0 aliphatic heterocycles. The molecular weight excluding hydrogens is 248 g/mol. The van der Waals surface area contributed by atoms with Crippen LogP contribution in [0.1, 0.15) is 51.4 Å². The molecule has 0 radical (unpaired) electrons. The third kappa shape index (κ3) is 3.78. The van der Waals surface area contributed by atoms with Crippen molar-refractivity contribution < 1.29 is 9.53 Å². The molecule has 1 aromatic heterocycles. The third-order valence-corrected chi connectivity index (χ3v) is 3.68. The van der Waals surface area contributed by atoms with Gasteiger partial charge in [0.25, 0.3) is 0 Å². The van der Waals surface area contributed by atoms with Crippen molar-refractivity contribution in [3.05, 3.63) is 16.1 Å². The summed E-state index contributed by atoms with van der Waals surface area (Å²) in [4.78, 5) is 16.4. The van der Waals surface area contributed by atoms with Crippen LogP contribution in [-0.4, -0.2) is 24.1 Å². The first-order chi connectivity index (χ1) is 8.40. The van der Waals surface area contributed by atoms with Crippen LogP contribution in [0.3, 0.4) is 0 Å². The van der Waals surface area contributed by atoms with Crippen molar-refractivity contribution >= 4 is 17.3 Å². The van der Waals surface area contributed by atoms with Crippen molar-refractivity contribution in [2.75, 3.05) is 13.2 Å². The van der Waals surface area contributed by atoms with Gasteiger partial charge in [0.15, 0.2) is 0 Å². The molecule has 5 heteroatoms. The largest absolute Gasteiger partial charge is 0.465 e. The molecule has 0 fully saturated rings. The van der Waals surface area contributed by atoms with E-state index in [0.717, 1.165) is 10.7 Å². The van der Waals surface area contributed by atoms with Crippen molar-refractivity contribution in [3.8, 4) is 0 Å². The molecule has 18 heavy (non-hydrogen) atoms. The van der Waals surface area contributed by atoms with Gasteiger partial charge >= 0.3 is 5.97 Å². The molecule has 0 amide bonds. The zero-order valence-corrected chi connectivity index (χ0v) is 12.6. The second-order valence-corrected chi connectivity index (χ2v) is 5.93. The first-order valence-electron chi connectivity index (χ1n) is 6.26. The van der Waals surface area contributed by atoms with Crippen LogP contribution in [0.2, 0.25) is 0 Å². The third-order valence-electron chi connectivity index (χ3n) is 2.39. The fraction of sp³-hybridized carbons (Fsp3) is 0.692. The average molecular weight is 270 g/mol. The molecule has 1 aromatic rings. The van der Waals surface area contributed by atoms with Crippen molar-refractivity contribution in [1.82, 2.24) is 10.3 Å². The van der Waals surface area contributed by atoms with Crippen LogP contribution < -0.4 is 5.32 Å². The Bertz CT molecular complexity index is 396. The zero-order chi connectivity index (χ0) is 13.8. The Morgan fingerprint density at radius 3 is 2.61 bits per heavy atom. The van der Waals surface area contributed by atoms with Crippen LogP contribution in [0.15, 0.2) is 5.38 Å². The number of esters is 1. The van der Waals surface area contributed by atoms with Gasteiger partial charge in [0.2, 0.25) is 0 Å². The lowest BCUT2D eigenvalue weighted by Crippen LogP contribution is -2.30. The number of likely N-dealkylation sites (N-methyl/N-ethyl adjacent to an activating group) is 1. The maximum absolute atomic E-state index is 11.9. The van der Waals surface area contributed by atoms with E-state index in [4.69, 9.17) is 4.74 Å². The monoisotopic (exact) mass is 270 g/mol. The standard InChI is InChI=1S/C13H22N2O2S/c1-6-14-10(11(16)17-7-2)9-8-18-12(15-9)13(3,4)5/h8,10,14H,6-7H2,1-5H3. The Balaban J connectivity index is 2.92. The van der Waals surface area contributed by atoms with Gasteiger partial charge in [-0.3, -0.25) is 5.32 Å². The van der Waals surface area contributed by atoms with E-state index in [9.17, 15) is 4.79 Å². The molecule has 0 aliphatic carbocycles. The molecule has 0 spiro atoms. The van der Waals surface area contributed by atoms with Gasteiger partial charge in [0.1, 0.15) is 6.04 Å². The van der Waals surface area contributed by atoms with E-state index in [1.807, 2.05) is 19.2 Å². The normalized spacial score (nSPS) is 13.4. The van der Waals surface area contributed by atoms with Crippen LogP contribution >= 0.6 is 11.3 Å². The number of hydrogen-bond acceptors (Lipinski definition) is 5. The minimum absolute atomic E-state index is 0.00828. The highest BCUT2D eigenvalue weighted by atomic mass is 32.1. The van der Waals surface area contributed by atoms with Crippen molar-refractivity contribution in [1.29, 1.82) is 0 Å². The molecule has 0 bridgehead atoms. The van der Waals surface area contributed by atoms with Gasteiger partial charge in [-0.1, -0.05) is 27.7 Å². The highest BCUT2D eigenvalue weighted by Gasteiger charge is 2.26. The molecule has 0 aromatic carbocycles. The van der Waals surface area contributed by atoms with Crippen LogP contribution in [0, 0.1) is 0 Å². The SMILES string of the molecule is CCNC(C(=O)OCC)c1csc(C(C)(C)C)n1. The van der Waals surface area contributed by atoms with Crippen LogP contribution in [0.4, 0.5) is 0 Å². The molecule has 1 atom stereocenters. The summed E-state index contributed by atoms with van der Waals surface area (Å²) >= 11 is 1.59. The number of thiazole rings is 1.